The second-order valence-electron chi connectivity index (χ2n) is 19.6. The van der Waals surface area contributed by atoms with Crippen LogP contribution < -0.4 is 4.89 Å². The molecule has 0 aromatic rings. The molecular weight excluding hydrogens is 870 g/mol. The molecule has 394 valence electrons. The van der Waals surface area contributed by atoms with Gasteiger partial charge in [-0.25, -0.2) is 0 Å². The molecule has 0 fully saturated rings. The molecule has 2 unspecified atom stereocenters. The average Bonchev–Trinajstić information content (AvgIpc) is 3.30. The highest BCUT2D eigenvalue weighted by Gasteiger charge is 2.21. The summed E-state index contributed by atoms with van der Waals surface area (Å²) in [6.07, 6.45) is 64.0. The van der Waals surface area contributed by atoms with Gasteiger partial charge in [0.1, 0.15) is 19.8 Å². The molecule has 0 rings (SSSR count). The van der Waals surface area contributed by atoms with E-state index in [0.29, 0.717) is 17.4 Å². The third-order valence-corrected chi connectivity index (χ3v) is 12.7. The van der Waals surface area contributed by atoms with Gasteiger partial charge < -0.3 is 27.9 Å². The Morgan fingerprint density at radius 2 is 0.838 bits per heavy atom. The van der Waals surface area contributed by atoms with Crippen molar-refractivity contribution in [3.8, 4) is 0 Å². The molecule has 2 atom stereocenters. The van der Waals surface area contributed by atoms with Crippen LogP contribution in [0.25, 0.3) is 0 Å². The molecule has 10 heteroatoms. The van der Waals surface area contributed by atoms with Gasteiger partial charge >= 0.3 is 11.9 Å². The number of carbonyl (C=O) groups excluding carboxylic acids is 2. The minimum Gasteiger partial charge on any atom is -0.756 e. The number of nitrogens with zero attached hydrogens (tertiary/aromatic N) is 1. The third kappa shape index (κ3) is 52.8. The maximum atomic E-state index is 12.7. The lowest BCUT2D eigenvalue weighted by Crippen LogP contribution is -2.37. The Balaban J connectivity index is 3.97. The van der Waals surface area contributed by atoms with Gasteiger partial charge in [-0.1, -0.05) is 228 Å². The normalized spacial score (nSPS) is 13.9. The zero-order valence-electron chi connectivity index (χ0n) is 44.5. The van der Waals surface area contributed by atoms with Crippen LogP contribution >= 0.6 is 7.82 Å². The largest absolute Gasteiger partial charge is 0.756 e. The lowest BCUT2D eigenvalue weighted by Gasteiger charge is -2.28. The summed E-state index contributed by atoms with van der Waals surface area (Å²) in [4.78, 5) is 37.6. The minimum absolute atomic E-state index is 0.0308. The number of hydrogen-bond acceptors (Lipinski definition) is 8. The lowest BCUT2D eigenvalue weighted by atomic mass is 10.0. The fourth-order valence-corrected chi connectivity index (χ4v) is 8.21. The van der Waals surface area contributed by atoms with Crippen LogP contribution in [0.4, 0.5) is 0 Å². The SMILES string of the molecule is CC/C=C\C/C=C\C/C=C\C/C=C\C/C=C\C/C=C\CCCCCCCCCCCCCCCCCCC(=O)OC(COC(=O)CCCCCCCCCCC)COP(=O)([O-])OCC[N+](C)(C)C. The van der Waals surface area contributed by atoms with Gasteiger partial charge in [0.15, 0.2) is 6.10 Å². The van der Waals surface area contributed by atoms with E-state index in [-0.39, 0.29) is 32.0 Å². The molecule has 0 aromatic carbocycles. The molecule has 0 radical (unpaired) electrons. The van der Waals surface area contributed by atoms with E-state index in [1.54, 1.807) is 0 Å². The van der Waals surface area contributed by atoms with Crippen molar-refractivity contribution in [2.75, 3.05) is 47.5 Å². The highest BCUT2D eigenvalue weighted by molar-refractivity contribution is 7.45. The Labute approximate surface area is 418 Å². The number of unbranched alkanes of at least 4 members (excludes halogenated alkanes) is 24. The van der Waals surface area contributed by atoms with Crippen molar-refractivity contribution in [3.63, 3.8) is 0 Å². The fraction of sp³-hybridized carbons (Fsp3) is 0.759. The Hall–Kier alpha value is -2.55. The summed E-state index contributed by atoms with van der Waals surface area (Å²) in [5.41, 5.74) is 0. The van der Waals surface area contributed by atoms with Crippen molar-refractivity contribution in [2.24, 2.45) is 0 Å². The Kier molecular flexibility index (Phi) is 47.6. The first-order valence-electron chi connectivity index (χ1n) is 27.6. The van der Waals surface area contributed by atoms with Crippen LogP contribution in [-0.2, 0) is 32.7 Å². The summed E-state index contributed by atoms with van der Waals surface area (Å²) in [6.45, 7) is 4.10. The van der Waals surface area contributed by atoms with Gasteiger partial charge in [-0.2, -0.15) is 0 Å². The van der Waals surface area contributed by atoms with Crippen LogP contribution in [0, 0.1) is 0 Å². The molecule has 0 aliphatic carbocycles. The summed E-state index contributed by atoms with van der Waals surface area (Å²) in [5.74, 6) is -0.833. The number of ether oxygens (including phenoxy) is 2. The molecular formula is C58H104NO8P. The van der Waals surface area contributed by atoms with Crippen LogP contribution in [0.3, 0.4) is 0 Å². The van der Waals surface area contributed by atoms with Crippen molar-refractivity contribution >= 4 is 19.8 Å². The predicted molar refractivity (Wildman–Crippen MR) is 286 cm³/mol. The fourth-order valence-electron chi connectivity index (χ4n) is 7.48. The predicted octanol–water partition coefficient (Wildman–Crippen LogP) is 16.3. The Morgan fingerprint density at radius 3 is 1.25 bits per heavy atom. The van der Waals surface area contributed by atoms with E-state index in [4.69, 9.17) is 18.5 Å². The van der Waals surface area contributed by atoms with Crippen molar-refractivity contribution in [3.05, 3.63) is 72.9 Å². The molecule has 0 heterocycles. The van der Waals surface area contributed by atoms with Gasteiger partial charge in [0.05, 0.1) is 27.7 Å². The molecule has 0 aromatic heterocycles. The smallest absolute Gasteiger partial charge is 0.306 e. The van der Waals surface area contributed by atoms with Gasteiger partial charge in [-0.3, -0.25) is 14.2 Å². The summed E-state index contributed by atoms with van der Waals surface area (Å²) in [5, 5.41) is 0. The number of likely N-dealkylation sites (N-methyl/N-ethyl adjacent to an activating group) is 1. The van der Waals surface area contributed by atoms with E-state index < -0.39 is 26.5 Å². The monoisotopic (exact) mass is 974 g/mol. The number of esters is 2. The molecule has 0 amide bonds. The molecule has 0 saturated carbocycles. The van der Waals surface area contributed by atoms with E-state index in [0.717, 1.165) is 77.0 Å². The summed E-state index contributed by atoms with van der Waals surface area (Å²) < 4.78 is 34.0. The molecule has 68 heavy (non-hydrogen) atoms. The zero-order valence-corrected chi connectivity index (χ0v) is 45.4. The first kappa shape index (κ1) is 65.5. The third-order valence-electron chi connectivity index (χ3n) is 11.7. The van der Waals surface area contributed by atoms with Crippen molar-refractivity contribution < 1.29 is 42.1 Å². The van der Waals surface area contributed by atoms with E-state index in [2.05, 4.69) is 86.8 Å². The van der Waals surface area contributed by atoms with E-state index >= 15 is 0 Å². The maximum absolute atomic E-state index is 12.7. The first-order valence-corrected chi connectivity index (χ1v) is 29.1. The topological polar surface area (TPSA) is 111 Å². The van der Waals surface area contributed by atoms with Crippen molar-refractivity contribution in [1.82, 2.24) is 0 Å². The molecule has 0 aliphatic heterocycles. The lowest BCUT2D eigenvalue weighted by molar-refractivity contribution is -0.870. The van der Waals surface area contributed by atoms with E-state index in [1.165, 1.54) is 122 Å². The van der Waals surface area contributed by atoms with Crippen LogP contribution in [0.5, 0.6) is 0 Å². The highest BCUT2D eigenvalue weighted by atomic mass is 31.2. The number of allylic oxidation sites excluding steroid dienone is 12. The maximum Gasteiger partial charge on any atom is 0.306 e. The molecule has 0 saturated heterocycles. The number of quaternary nitrogens is 1. The van der Waals surface area contributed by atoms with E-state index in [9.17, 15) is 19.0 Å². The Morgan fingerprint density at radius 1 is 0.471 bits per heavy atom. The number of rotatable bonds is 50. The van der Waals surface area contributed by atoms with Gasteiger partial charge in [0.2, 0.25) is 0 Å². The quantitative estimate of drug-likeness (QED) is 0.0195. The minimum atomic E-state index is -4.63. The number of phosphoric ester groups is 1. The van der Waals surface area contributed by atoms with Gasteiger partial charge in [-0.05, 0) is 64.2 Å². The summed E-state index contributed by atoms with van der Waals surface area (Å²) in [6, 6.07) is 0. The number of phosphoric acid groups is 1. The van der Waals surface area contributed by atoms with Gasteiger partial charge in [0.25, 0.3) is 7.82 Å². The van der Waals surface area contributed by atoms with Crippen LogP contribution in [0.1, 0.15) is 232 Å². The second kappa shape index (κ2) is 49.4. The first-order chi connectivity index (χ1) is 33.0. The van der Waals surface area contributed by atoms with Crippen molar-refractivity contribution in [2.45, 2.75) is 238 Å². The van der Waals surface area contributed by atoms with Gasteiger partial charge in [0, 0.05) is 12.8 Å². The number of hydrogen-bond donors (Lipinski definition) is 0. The summed E-state index contributed by atoms with van der Waals surface area (Å²) in [7, 11) is 1.17. The molecule has 0 aliphatic rings. The van der Waals surface area contributed by atoms with Gasteiger partial charge in [-0.15, -0.1) is 0 Å². The van der Waals surface area contributed by atoms with Crippen LogP contribution in [-0.4, -0.2) is 70.0 Å². The van der Waals surface area contributed by atoms with Crippen molar-refractivity contribution in [1.29, 1.82) is 0 Å². The Bertz CT molecular complexity index is 1380. The molecule has 0 N–H and O–H groups in total. The number of carbonyl (C=O) groups is 2. The van der Waals surface area contributed by atoms with Crippen LogP contribution in [0.2, 0.25) is 0 Å². The molecule has 0 spiro atoms. The molecule has 9 nitrogen and oxygen atoms in total. The zero-order chi connectivity index (χ0) is 49.9. The second-order valence-corrected chi connectivity index (χ2v) is 21.0. The molecule has 0 bridgehead atoms. The van der Waals surface area contributed by atoms with Crippen LogP contribution in [0.15, 0.2) is 72.9 Å². The van der Waals surface area contributed by atoms with E-state index in [1.807, 2.05) is 21.1 Å². The highest BCUT2D eigenvalue weighted by Crippen LogP contribution is 2.38. The summed E-state index contributed by atoms with van der Waals surface area (Å²) >= 11 is 0. The average molecular weight is 974 g/mol. The standard InChI is InChI=1S/C58H104NO8P/c1-6-8-10-12-14-16-17-18-19-20-21-22-23-24-25-26-27-28-29-30-31-32-33-34-35-36-37-38-39-40-41-43-45-47-49-51-58(61)67-56(55-66-68(62,63)65-53-52-59(3,4)5)54-64-57(60)50-48-46-44-42-15-13-11-9-7-2/h8,10,14,16,18-19,21-22,24-25,27-28,56H,6-7,9,11-13,15,17,20,23,26,29-55H2,1-5H3/b10-8-,16-14-,19-18-,22-21-,25-24-,28-27-.